The second-order valence-electron chi connectivity index (χ2n) is 6.11. The summed E-state index contributed by atoms with van der Waals surface area (Å²) in [5, 5.41) is 2.37. The molecule has 146 valence electrons. The Kier molecular flexibility index (Phi) is 6.90. The molecule has 2 amide bonds. The molecule has 0 heterocycles. The lowest BCUT2D eigenvalue weighted by Gasteiger charge is -2.24. The van der Waals surface area contributed by atoms with E-state index in [1.807, 2.05) is 32.9 Å². The van der Waals surface area contributed by atoms with E-state index in [-0.39, 0.29) is 6.61 Å². The minimum Gasteiger partial charge on any atom is -0.493 e. The molecule has 0 aromatic heterocycles. The number of hydrazine groups is 2. The molecule has 27 heavy (non-hydrogen) atoms. The molecule has 0 bridgehead atoms. The van der Waals surface area contributed by atoms with Crippen LogP contribution in [0.5, 0.6) is 11.5 Å². The Morgan fingerprint density at radius 1 is 1.11 bits per heavy atom. The maximum Gasteiger partial charge on any atom is 0.352 e. The number of amides is 2. The molecule has 0 aliphatic carbocycles. The normalized spacial score (nSPS) is 10.5. The Labute approximate surface area is 164 Å². The van der Waals surface area contributed by atoms with Gasteiger partial charge in [-0.3, -0.25) is 5.01 Å². The first-order chi connectivity index (χ1) is 12.8. The first kappa shape index (κ1) is 20.8. The van der Waals surface area contributed by atoms with Crippen molar-refractivity contribution in [3.63, 3.8) is 0 Å². The topological polar surface area (TPSA) is 94.1 Å². The third-order valence-electron chi connectivity index (χ3n) is 4.10. The van der Waals surface area contributed by atoms with Crippen LogP contribution in [0.1, 0.15) is 23.6 Å². The maximum atomic E-state index is 12.2. The Morgan fingerprint density at radius 2 is 1.78 bits per heavy atom. The number of rotatable bonds is 6. The minimum absolute atomic E-state index is 0.114. The Hall–Kier alpha value is -2.48. The van der Waals surface area contributed by atoms with Gasteiger partial charge in [-0.15, -0.1) is 0 Å². The first-order valence-electron chi connectivity index (χ1n) is 8.47. The zero-order chi connectivity index (χ0) is 20.1. The van der Waals surface area contributed by atoms with Gasteiger partial charge in [-0.25, -0.2) is 21.5 Å². The molecule has 2 aromatic rings. The van der Waals surface area contributed by atoms with E-state index in [0.717, 1.165) is 21.1 Å². The van der Waals surface area contributed by atoms with E-state index in [1.165, 1.54) is 7.05 Å². The molecule has 0 aliphatic heterocycles. The maximum absolute atomic E-state index is 12.2. The van der Waals surface area contributed by atoms with Crippen molar-refractivity contribution in [3.05, 3.63) is 52.0 Å². The summed E-state index contributed by atoms with van der Waals surface area (Å²) in [5.41, 5.74) is 3.19. The van der Waals surface area contributed by atoms with Crippen LogP contribution in [0.25, 0.3) is 0 Å². The van der Waals surface area contributed by atoms with Gasteiger partial charge in [0.2, 0.25) is 0 Å². The molecule has 0 fully saturated rings. The van der Waals surface area contributed by atoms with E-state index in [9.17, 15) is 4.79 Å². The van der Waals surface area contributed by atoms with Gasteiger partial charge in [0.15, 0.2) is 0 Å². The average Bonchev–Trinajstić information content (AvgIpc) is 2.63. The lowest BCUT2D eigenvalue weighted by atomic mass is 10.1. The van der Waals surface area contributed by atoms with Crippen LogP contribution in [0, 0.1) is 13.8 Å². The number of benzene rings is 2. The fraction of sp³-hybridized carbons (Fsp3) is 0.316. The van der Waals surface area contributed by atoms with Crippen LogP contribution in [0.4, 0.5) is 10.5 Å². The van der Waals surface area contributed by atoms with Gasteiger partial charge in [0.05, 0.1) is 22.9 Å². The number of anilines is 1. The number of nitrogens with zero attached hydrogens (tertiary/aromatic N) is 2. The van der Waals surface area contributed by atoms with Crippen molar-refractivity contribution in [2.75, 3.05) is 18.7 Å². The zero-order valence-electron chi connectivity index (χ0n) is 16.0. The van der Waals surface area contributed by atoms with E-state index in [0.29, 0.717) is 34.4 Å². The summed E-state index contributed by atoms with van der Waals surface area (Å²) < 4.78 is 11.6. The number of halogens is 1. The lowest BCUT2D eigenvalue weighted by Crippen LogP contribution is -2.49. The summed E-state index contributed by atoms with van der Waals surface area (Å²) in [6, 6.07) is 8.39. The number of hydrogen-bond donors (Lipinski definition) is 2. The van der Waals surface area contributed by atoms with Gasteiger partial charge in [0.25, 0.3) is 0 Å². The fourth-order valence-corrected chi connectivity index (χ4v) is 2.78. The molecule has 4 N–H and O–H groups in total. The molecular formula is C19H25ClN4O3. The minimum atomic E-state index is -0.575. The number of nitrogens with two attached hydrogens (primary N) is 2. The number of carbonyl (C=O) groups is 1. The van der Waals surface area contributed by atoms with Crippen LogP contribution in [0.2, 0.25) is 5.02 Å². The molecule has 0 atom stereocenters. The van der Waals surface area contributed by atoms with Crippen molar-refractivity contribution >= 4 is 23.3 Å². The van der Waals surface area contributed by atoms with E-state index >= 15 is 0 Å². The monoisotopic (exact) mass is 392 g/mol. The second kappa shape index (κ2) is 8.94. The molecule has 0 saturated heterocycles. The van der Waals surface area contributed by atoms with Crippen LogP contribution in [-0.2, 0) is 6.61 Å². The summed E-state index contributed by atoms with van der Waals surface area (Å²) >= 11 is 6.29. The number of aryl methyl sites for hydroxylation is 2. The first-order valence-corrected chi connectivity index (χ1v) is 8.85. The van der Waals surface area contributed by atoms with Crippen molar-refractivity contribution in [2.45, 2.75) is 27.4 Å². The molecule has 0 spiro atoms. The van der Waals surface area contributed by atoms with Gasteiger partial charge in [-0.05, 0) is 56.2 Å². The van der Waals surface area contributed by atoms with Gasteiger partial charge in [-0.1, -0.05) is 17.7 Å². The molecule has 0 radical (unpaired) electrons. The average molecular weight is 393 g/mol. The molecular weight excluding hydrogens is 368 g/mol. The van der Waals surface area contributed by atoms with Crippen LogP contribution in [-0.4, -0.2) is 24.7 Å². The van der Waals surface area contributed by atoms with Crippen molar-refractivity contribution in [2.24, 2.45) is 11.7 Å². The largest absolute Gasteiger partial charge is 0.493 e. The quantitative estimate of drug-likeness (QED) is 0.445. The second-order valence-corrected chi connectivity index (χ2v) is 6.51. The third kappa shape index (κ3) is 4.82. The SMILES string of the molecule is CCOc1cccc(N(N)C(=O)N(C)N)c1COc1cc(C)c(C)cc1Cl. The van der Waals surface area contributed by atoms with Crippen molar-refractivity contribution in [1.29, 1.82) is 0 Å². The number of carbonyl (C=O) groups excluding carboxylic acids is 1. The summed E-state index contributed by atoms with van der Waals surface area (Å²) in [4.78, 5) is 12.2. The Bertz CT molecular complexity index is 827. The summed E-state index contributed by atoms with van der Waals surface area (Å²) in [6.45, 7) is 6.40. The van der Waals surface area contributed by atoms with Gasteiger partial charge in [-0.2, -0.15) is 0 Å². The van der Waals surface area contributed by atoms with E-state index in [2.05, 4.69) is 0 Å². The molecule has 0 saturated carbocycles. The van der Waals surface area contributed by atoms with Crippen molar-refractivity contribution in [3.8, 4) is 11.5 Å². The fourth-order valence-electron chi connectivity index (χ4n) is 2.50. The van der Waals surface area contributed by atoms with Crippen LogP contribution < -0.4 is 26.2 Å². The van der Waals surface area contributed by atoms with Gasteiger partial charge >= 0.3 is 6.03 Å². The van der Waals surface area contributed by atoms with Crippen LogP contribution in [0.3, 0.4) is 0 Å². The highest BCUT2D eigenvalue weighted by Crippen LogP contribution is 2.33. The Balaban J connectivity index is 2.39. The van der Waals surface area contributed by atoms with Crippen LogP contribution in [0.15, 0.2) is 30.3 Å². The van der Waals surface area contributed by atoms with E-state index in [1.54, 1.807) is 18.2 Å². The predicted molar refractivity (Wildman–Crippen MR) is 107 cm³/mol. The highest BCUT2D eigenvalue weighted by Gasteiger charge is 2.21. The van der Waals surface area contributed by atoms with Crippen LogP contribution >= 0.6 is 11.6 Å². The van der Waals surface area contributed by atoms with E-state index < -0.39 is 6.03 Å². The Morgan fingerprint density at radius 3 is 2.41 bits per heavy atom. The highest BCUT2D eigenvalue weighted by atomic mass is 35.5. The molecule has 2 aromatic carbocycles. The molecule has 0 aliphatic rings. The smallest absolute Gasteiger partial charge is 0.352 e. The summed E-state index contributed by atoms with van der Waals surface area (Å²) in [7, 11) is 1.42. The predicted octanol–water partition coefficient (Wildman–Crippen LogP) is 3.54. The number of ether oxygens (including phenoxy) is 2. The molecule has 2 rings (SSSR count). The van der Waals surface area contributed by atoms with Crippen molar-refractivity contribution in [1.82, 2.24) is 5.01 Å². The number of urea groups is 1. The third-order valence-corrected chi connectivity index (χ3v) is 4.39. The molecule has 8 heteroatoms. The summed E-state index contributed by atoms with van der Waals surface area (Å²) in [5.74, 6) is 12.6. The van der Waals surface area contributed by atoms with Crippen molar-refractivity contribution < 1.29 is 14.3 Å². The lowest BCUT2D eigenvalue weighted by molar-refractivity contribution is 0.216. The van der Waals surface area contributed by atoms with Gasteiger partial charge < -0.3 is 9.47 Å². The standard InChI is InChI=1S/C19H25ClN4O3/c1-5-26-17-8-6-7-16(24(22)19(25)23(4)21)14(17)11-27-18-10-13(3)12(2)9-15(18)20/h6-10H,5,11,21-22H2,1-4H3. The van der Waals surface area contributed by atoms with Gasteiger partial charge in [0.1, 0.15) is 18.1 Å². The molecule has 0 unspecified atom stereocenters. The highest BCUT2D eigenvalue weighted by molar-refractivity contribution is 6.32. The summed E-state index contributed by atoms with van der Waals surface area (Å²) in [6.07, 6.45) is 0. The molecule has 7 nitrogen and oxygen atoms in total. The zero-order valence-corrected chi connectivity index (χ0v) is 16.7. The van der Waals surface area contributed by atoms with Gasteiger partial charge in [0, 0.05) is 7.05 Å². The van der Waals surface area contributed by atoms with E-state index in [4.69, 9.17) is 32.8 Å². The number of hydrogen-bond acceptors (Lipinski definition) is 5.